The van der Waals surface area contributed by atoms with E-state index >= 15 is 0 Å². The molecule has 0 aliphatic heterocycles. The van der Waals surface area contributed by atoms with Crippen molar-refractivity contribution in [2.24, 2.45) is 28.6 Å². The fourth-order valence-electron chi connectivity index (χ4n) is 5.60. The van der Waals surface area contributed by atoms with E-state index in [0.717, 1.165) is 19.3 Å². The molecule has 0 spiro atoms. The Bertz CT molecular complexity index is 548. The van der Waals surface area contributed by atoms with E-state index in [0.29, 0.717) is 11.8 Å². The van der Waals surface area contributed by atoms with Crippen molar-refractivity contribution in [3.05, 3.63) is 23.3 Å². The van der Waals surface area contributed by atoms with Crippen LogP contribution in [-0.2, 0) is 4.79 Å². The molecule has 23 heavy (non-hydrogen) atoms. The van der Waals surface area contributed by atoms with E-state index < -0.39 is 11.4 Å². The minimum absolute atomic E-state index is 0. The summed E-state index contributed by atoms with van der Waals surface area (Å²) in [4.78, 5) is 11.9. The second kappa shape index (κ2) is 7.03. The first-order valence-corrected chi connectivity index (χ1v) is 8.93. The van der Waals surface area contributed by atoms with Crippen molar-refractivity contribution in [2.45, 2.75) is 66.2 Å². The van der Waals surface area contributed by atoms with Crippen molar-refractivity contribution in [2.75, 3.05) is 0 Å². The van der Waals surface area contributed by atoms with Crippen LogP contribution in [0.15, 0.2) is 23.3 Å². The monoisotopic (exact) mass is 440 g/mol. The Hall–Kier alpha value is 0.521. The van der Waals surface area contributed by atoms with Crippen LogP contribution in [0, 0.1) is 28.6 Å². The van der Waals surface area contributed by atoms with Gasteiger partial charge in [-0.3, -0.25) is 4.79 Å². The quantitative estimate of drug-likeness (QED) is 0.626. The van der Waals surface area contributed by atoms with Crippen LogP contribution in [0.4, 0.5) is 0 Å². The Morgan fingerprint density at radius 2 is 2.00 bits per heavy atom. The third kappa shape index (κ3) is 3.19. The summed E-state index contributed by atoms with van der Waals surface area (Å²) in [5.74, 6) is 0.888. The molecule has 4 atom stereocenters. The van der Waals surface area contributed by atoms with Gasteiger partial charge in [0.05, 0.1) is 5.41 Å². The molecule has 1 saturated carbocycles. The van der Waals surface area contributed by atoms with Crippen molar-refractivity contribution >= 4 is 54.9 Å². The van der Waals surface area contributed by atoms with Crippen molar-refractivity contribution in [3.63, 3.8) is 0 Å². The zero-order chi connectivity index (χ0) is 16.1. The van der Waals surface area contributed by atoms with Gasteiger partial charge in [0, 0.05) is 48.9 Å². The average Bonchev–Trinajstić information content (AvgIpc) is 2.46. The van der Waals surface area contributed by atoms with Gasteiger partial charge in [-0.15, -0.1) is 0 Å². The fraction of sp³-hybridized carbons (Fsp3) is 0.750. The molecule has 0 aromatic carbocycles. The topological polar surface area (TPSA) is 37.3 Å². The van der Waals surface area contributed by atoms with Gasteiger partial charge in [0.15, 0.2) is 0 Å². The van der Waals surface area contributed by atoms with Gasteiger partial charge in [0.25, 0.3) is 0 Å². The molecule has 1 N–H and O–H groups in total. The third-order valence-corrected chi connectivity index (χ3v) is 7.07. The number of carboxylic acid groups (broad SMARTS) is 1. The summed E-state index contributed by atoms with van der Waals surface area (Å²) < 4.78 is 0. The smallest absolute Gasteiger partial charge is 0.309 e. The summed E-state index contributed by atoms with van der Waals surface area (Å²) in [6.45, 7) is 8.93. The molecule has 0 bridgehead atoms. The van der Waals surface area contributed by atoms with E-state index in [1.807, 2.05) is 6.92 Å². The van der Waals surface area contributed by atoms with Gasteiger partial charge in [-0.25, -0.2) is 0 Å². The maximum Gasteiger partial charge on any atom is 0.309 e. The number of fused-ring (bicyclic) bond motifs is 3. The number of carboxylic acids is 1. The third-order valence-electron chi connectivity index (χ3n) is 7.07. The van der Waals surface area contributed by atoms with Crippen molar-refractivity contribution in [1.82, 2.24) is 0 Å². The second-order valence-electron chi connectivity index (χ2n) is 8.54. The minimum atomic E-state index is -0.588. The van der Waals surface area contributed by atoms with E-state index in [4.69, 9.17) is 0 Å². The Balaban J connectivity index is 0.00000192. The van der Waals surface area contributed by atoms with Crippen LogP contribution < -0.4 is 0 Å². The molecule has 2 nitrogen and oxygen atoms in total. The zero-order valence-corrected chi connectivity index (χ0v) is 19.6. The summed E-state index contributed by atoms with van der Waals surface area (Å²) in [5.41, 5.74) is 2.69. The van der Waals surface area contributed by atoms with Crippen LogP contribution in [0.25, 0.3) is 0 Å². The standard InChI is InChI=1S/C20H30O2.Ba/c1-13(2)14-6-8-16-15(12-14)7-9-17-19(16,3)10-5-11-20(17,4)18(21)22;/h7,12-13,16-17H,5-6,8-11H2,1-4H3,(H,21,22);/t16-,17+,19+,20+;/m0./s1. The van der Waals surface area contributed by atoms with Crippen molar-refractivity contribution < 1.29 is 9.90 Å². The molecule has 3 heteroatoms. The van der Waals surface area contributed by atoms with E-state index in [-0.39, 0.29) is 60.2 Å². The van der Waals surface area contributed by atoms with Crippen molar-refractivity contribution in [1.29, 1.82) is 0 Å². The summed E-state index contributed by atoms with van der Waals surface area (Å²) in [6, 6.07) is 0. The Kier molecular flexibility index (Phi) is 6.06. The summed E-state index contributed by atoms with van der Waals surface area (Å²) >= 11 is 0. The molecule has 0 aromatic heterocycles. The number of allylic oxidation sites excluding steroid dienone is 4. The molecule has 0 saturated heterocycles. The van der Waals surface area contributed by atoms with Crippen molar-refractivity contribution in [3.8, 4) is 0 Å². The second-order valence-corrected chi connectivity index (χ2v) is 8.54. The maximum atomic E-state index is 11.9. The van der Waals surface area contributed by atoms with Crippen LogP contribution >= 0.6 is 0 Å². The Morgan fingerprint density at radius 1 is 1.30 bits per heavy atom. The predicted octanol–water partition coefficient (Wildman–Crippen LogP) is 4.83. The number of aliphatic carboxylic acids is 1. The van der Waals surface area contributed by atoms with Crippen LogP contribution in [0.5, 0.6) is 0 Å². The van der Waals surface area contributed by atoms with Gasteiger partial charge >= 0.3 is 5.97 Å². The van der Waals surface area contributed by atoms with Gasteiger partial charge in [0.2, 0.25) is 0 Å². The van der Waals surface area contributed by atoms with Crippen LogP contribution in [-0.4, -0.2) is 60.0 Å². The van der Waals surface area contributed by atoms with E-state index in [2.05, 4.69) is 32.9 Å². The van der Waals surface area contributed by atoms with Crippen LogP contribution in [0.2, 0.25) is 0 Å². The molecule has 1 fully saturated rings. The molecule has 124 valence electrons. The first kappa shape index (κ1) is 19.8. The number of hydrogen-bond donors (Lipinski definition) is 1. The number of carbonyl (C=O) groups is 1. The molecule has 0 unspecified atom stereocenters. The van der Waals surface area contributed by atoms with Gasteiger partial charge < -0.3 is 5.11 Å². The molecular formula is C20H30BaO2. The number of rotatable bonds is 2. The predicted molar refractivity (Wildman–Crippen MR) is 95.3 cm³/mol. The molecule has 0 aromatic rings. The van der Waals surface area contributed by atoms with Gasteiger partial charge in [0.1, 0.15) is 0 Å². The first-order valence-electron chi connectivity index (χ1n) is 8.93. The Labute approximate surface area is 181 Å². The van der Waals surface area contributed by atoms with E-state index in [9.17, 15) is 9.90 Å². The summed E-state index contributed by atoms with van der Waals surface area (Å²) in [7, 11) is 0. The molecular weight excluding hydrogens is 410 g/mol. The summed E-state index contributed by atoms with van der Waals surface area (Å²) in [6.07, 6.45) is 11.2. The minimum Gasteiger partial charge on any atom is -0.481 e. The molecule has 0 amide bonds. The normalized spacial score (nSPS) is 39.5. The van der Waals surface area contributed by atoms with Crippen LogP contribution in [0.1, 0.15) is 66.2 Å². The number of hydrogen-bond acceptors (Lipinski definition) is 1. The van der Waals surface area contributed by atoms with E-state index in [1.54, 1.807) is 5.57 Å². The zero-order valence-electron chi connectivity index (χ0n) is 15.2. The molecule has 3 rings (SSSR count). The average molecular weight is 440 g/mol. The largest absolute Gasteiger partial charge is 0.481 e. The molecule has 0 heterocycles. The molecule has 3 aliphatic rings. The Morgan fingerprint density at radius 3 is 2.61 bits per heavy atom. The van der Waals surface area contributed by atoms with Crippen LogP contribution in [0.3, 0.4) is 0 Å². The summed E-state index contributed by atoms with van der Waals surface area (Å²) in [5, 5.41) is 9.83. The molecule has 3 aliphatic carbocycles. The fourth-order valence-corrected chi connectivity index (χ4v) is 5.60. The maximum absolute atomic E-state index is 11.9. The van der Waals surface area contributed by atoms with E-state index in [1.165, 1.54) is 24.8 Å². The molecule has 2 radical (unpaired) electrons. The first-order chi connectivity index (χ1) is 10.3. The van der Waals surface area contributed by atoms with Gasteiger partial charge in [-0.2, -0.15) is 0 Å². The van der Waals surface area contributed by atoms with Gasteiger partial charge in [-0.1, -0.05) is 44.9 Å². The SMILES string of the molecule is CC(C)C1=CC2=CC[C@@H]3[C@](C)(CCC[C@@]3(C)C(=O)O)[C@H]2CC1.[Ba]. The van der Waals surface area contributed by atoms with Gasteiger partial charge in [-0.05, 0) is 67.8 Å².